The van der Waals surface area contributed by atoms with Gasteiger partial charge in [-0.3, -0.25) is 0 Å². The van der Waals surface area contributed by atoms with Gasteiger partial charge in [-0.15, -0.1) is 0 Å². The largest absolute Gasteiger partial charge is 0.490 e. The monoisotopic (exact) mass is 280 g/mol. The van der Waals surface area contributed by atoms with E-state index in [9.17, 15) is 8.78 Å². The van der Waals surface area contributed by atoms with Crippen LogP contribution in [0.1, 0.15) is 6.92 Å². The molecular formula is C13H14F2N4O. The normalized spacial score (nSPS) is 10.2. The van der Waals surface area contributed by atoms with Crippen LogP contribution in [0.15, 0.2) is 24.5 Å². The standard InChI is InChI=1S/C13H14F2N4O/c1-3-16-12-11(20-2)13(18-7-17-12)19-10-5-4-8(14)6-9(10)15/h4-7H,3H2,1-2H3,(H2,16,17,18,19). The van der Waals surface area contributed by atoms with E-state index in [0.717, 1.165) is 12.1 Å². The van der Waals surface area contributed by atoms with Gasteiger partial charge in [-0.25, -0.2) is 18.7 Å². The van der Waals surface area contributed by atoms with Gasteiger partial charge >= 0.3 is 0 Å². The maximum Gasteiger partial charge on any atom is 0.204 e. The summed E-state index contributed by atoms with van der Waals surface area (Å²) >= 11 is 0. The van der Waals surface area contributed by atoms with E-state index in [0.29, 0.717) is 23.9 Å². The van der Waals surface area contributed by atoms with Crippen molar-refractivity contribution in [3.63, 3.8) is 0 Å². The molecule has 0 aliphatic rings. The molecule has 0 saturated carbocycles. The summed E-state index contributed by atoms with van der Waals surface area (Å²) in [6.07, 6.45) is 1.32. The Morgan fingerprint density at radius 1 is 1.20 bits per heavy atom. The highest BCUT2D eigenvalue weighted by Crippen LogP contribution is 2.31. The van der Waals surface area contributed by atoms with Crippen molar-refractivity contribution in [1.29, 1.82) is 0 Å². The Hall–Kier alpha value is -2.44. The zero-order valence-electron chi connectivity index (χ0n) is 11.1. The SMILES string of the molecule is CCNc1ncnc(Nc2ccc(F)cc2F)c1OC. The first kappa shape index (κ1) is 14.0. The van der Waals surface area contributed by atoms with Gasteiger partial charge in [0, 0.05) is 12.6 Å². The van der Waals surface area contributed by atoms with Crippen LogP contribution >= 0.6 is 0 Å². The fraction of sp³-hybridized carbons (Fsp3) is 0.231. The topological polar surface area (TPSA) is 59.1 Å². The maximum absolute atomic E-state index is 13.6. The molecule has 106 valence electrons. The molecule has 7 heteroatoms. The van der Waals surface area contributed by atoms with Gasteiger partial charge in [-0.1, -0.05) is 0 Å². The summed E-state index contributed by atoms with van der Waals surface area (Å²) in [5.41, 5.74) is 0.103. The summed E-state index contributed by atoms with van der Waals surface area (Å²) in [6, 6.07) is 3.24. The van der Waals surface area contributed by atoms with E-state index in [2.05, 4.69) is 20.6 Å². The molecule has 0 atom stereocenters. The predicted molar refractivity (Wildman–Crippen MR) is 72.4 cm³/mol. The zero-order chi connectivity index (χ0) is 14.5. The molecule has 0 amide bonds. The molecule has 1 aromatic carbocycles. The number of nitrogens with zero attached hydrogens (tertiary/aromatic N) is 2. The van der Waals surface area contributed by atoms with E-state index >= 15 is 0 Å². The number of rotatable bonds is 5. The number of ether oxygens (including phenoxy) is 1. The molecule has 0 fully saturated rings. The number of halogens is 2. The second-order valence-electron chi connectivity index (χ2n) is 3.88. The van der Waals surface area contributed by atoms with Crippen LogP contribution in [0.3, 0.4) is 0 Å². The van der Waals surface area contributed by atoms with E-state index in [4.69, 9.17) is 4.74 Å². The fourth-order valence-corrected chi connectivity index (χ4v) is 1.67. The molecule has 2 N–H and O–H groups in total. The third-order valence-corrected chi connectivity index (χ3v) is 2.54. The predicted octanol–water partition coefficient (Wildman–Crippen LogP) is 2.94. The van der Waals surface area contributed by atoms with Crippen molar-refractivity contribution >= 4 is 17.3 Å². The second kappa shape index (κ2) is 6.14. The Morgan fingerprint density at radius 2 is 1.95 bits per heavy atom. The average Bonchev–Trinajstić information content (AvgIpc) is 2.42. The van der Waals surface area contributed by atoms with Crippen molar-refractivity contribution in [2.45, 2.75) is 6.92 Å². The van der Waals surface area contributed by atoms with Crippen LogP contribution in [-0.2, 0) is 0 Å². The highest BCUT2D eigenvalue weighted by atomic mass is 19.1. The van der Waals surface area contributed by atoms with Crippen LogP contribution in [-0.4, -0.2) is 23.6 Å². The van der Waals surface area contributed by atoms with Crippen LogP contribution in [0.5, 0.6) is 5.75 Å². The van der Waals surface area contributed by atoms with E-state index in [1.165, 1.54) is 19.5 Å². The molecular weight excluding hydrogens is 266 g/mol. The Bertz CT molecular complexity index is 607. The lowest BCUT2D eigenvalue weighted by Gasteiger charge is -2.13. The van der Waals surface area contributed by atoms with Crippen LogP contribution in [0.2, 0.25) is 0 Å². The second-order valence-corrected chi connectivity index (χ2v) is 3.88. The third kappa shape index (κ3) is 2.93. The van der Waals surface area contributed by atoms with Gasteiger partial charge in [0.25, 0.3) is 0 Å². The molecule has 20 heavy (non-hydrogen) atoms. The molecule has 5 nitrogen and oxygen atoms in total. The van der Waals surface area contributed by atoms with Crippen LogP contribution in [0.25, 0.3) is 0 Å². The molecule has 0 radical (unpaired) electrons. The maximum atomic E-state index is 13.6. The Morgan fingerprint density at radius 3 is 2.60 bits per heavy atom. The fourth-order valence-electron chi connectivity index (χ4n) is 1.67. The molecule has 0 unspecified atom stereocenters. The lowest BCUT2D eigenvalue weighted by Crippen LogP contribution is -2.06. The zero-order valence-corrected chi connectivity index (χ0v) is 11.1. The Kier molecular flexibility index (Phi) is 4.29. The minimum atomic E-state index is -0.712. The highest BCUT2D eigenvalue weighted by molar-refractivity contribution is 5.69. The molecule has 0 aliphatic heterocycles. The van der Waals surface area contributed by atoms with Crippen LogP contribution < -0.4 is 15.4 Å². The number of anilines is 3. The summed E-state index contributed by atoms with van der Waals surface area (Å²) in [6.45, 7) is 2.56. The lowest BCUT2D eigenvalue weighted by atomic mass is 10.3. The first-order chi connectivity index (χ1) is 9.65. The van der Waals surface area contributed by atoms with Gasteiger partial charge in [0.1, 0.15) is 18.0 Å². The van der Waals surface area contributed by atoms with Gasteiger partial charge in [0.2, 0.25) is 5.75 Å². The summed E-state index contributed by atoms with van der Waals surface area (Å²) in [5, 5.41) is 5.77. The minimum absolute atomic E-state index is 0.103. The van der Waals surface area contributed by atoms with E-state index in [1.54, 1.807) is 0 Å². The molecule has 0 spiro atoms. The molecule has 1 aromatic heterocycles. The van der Waals surface area contributed by atoms with Crippen molar-refractivity contribution in [1.82, 2.24) is 9.97 Å². The van der Waals surface area contributed by atoms with Gasteiger partial charge in [0.15, 0.2) is 11.6 Å². The smallest absolute Gasteiger partial charge is 0.204 e. The van der Waals surface area contributed by atoms with Crippen LogP contribution in [0, 0.1) is 11.6 Å². The lowest BCUT2D eigenvalue weighted by molar-refractivity contribution is 0.415. The minimum Gasteiger partial charge on any atom is -0.490 e. The van der Waals surface area contributed by atoms with Crippen molar-refractivity contribution in [2.75, 3.05) is 24.3 Å². The highest BCUT2D eigenvalue weighted by Gasteiger charge is 2.13. The third-order valence-electron chi connectivity index (χ3n) is 2.54. The summed E-state index contributed by atoms with van der Waals surface area (Å²) in [4.78, 5) is 8.04. The molecule has 0 aliphatic carbocycles. The molecule has 0 saturated heterocycles. The van der Waals surface area contributed by atoms with Gasteiger partial charge in [-0.2, -0.15) is 0 Å². The Labute approximate surface area is 115 Å². The van der Waals surface area contributed by atoms with E-state index in [-0.39, 0.29) is 5.69 Å². The molecule has 0 bridgehead atoms. The van der Waals surface area contributed by atoms with Gasteiger partial charge in [0.05, 0.1) is 12.8 Å². The van der Waals surface area contributed by atoms with Gasteiger partial charge in [-0.05, 0) is 19.1 Å². The summed E-state index contributed by atoms with van der Waals surface area (Å²) in [5.74, 6) is -0.205. The van der Waals surface area contributed by atoms with Gasteiger partial charge < -0.3 is 15.4 Å². The van der Waals surface area contributed by atoms with Crippen molar-refractivity contribution in [3.8, 4) is 5.75 Å². The molecule has 2 rings (SSSR count). The summed E-state index contributed by atoms with van der Waals surface area (Å²) < 4.78 is 31.7. The quantitative estimate of drug-likeness (QED) is 0.881. The number of hydrogen-bond acceptors (Lipinski definition) is 5. The average molecular weight is 280 g/mol. The number of methoxy groups -OCH3 is 1. The van der Waals surface area contributed by atoms with Crippen LogP contribution in [0.4, 0.5) is 26.1 Å². The molecule has 1 heterocycles. The summed E-state index contributed by atoms with van der Waals surface area (Å²) in [7, 11) is 1.46. The number of nitrogens with one attached hydrogen (secondary N) is 2. The first-order valence-electron chi connectivity index (χ1n) is 6.00. The number of benzene rings is 1. The molecule has 2 aromatic rings. The number of hydrogen-bond donors (Lipinski definition) is 2. The van der Waals surface area contributed by atoms with E-state index < -0.39 is 11.6 Å². The van der Waals surface area contributed by atoms with Crippen molar-refractivity contribution in [3.05, 3.63) is 36.2 Å². The Balaban J connectivity index is 2.35. The van der Waals surface area contributed by atoms with Crippen molar-refractivity contribution < 1.29 is 13.5 Å². The number of aromatic nitrogens is 2. The van der Waals surface area contributed by atoms with E-state index in [1.807, 2.05) is 6.92 Å². The first-order valence-corrected chi connectivity index (χ1v) is 6.00. The van der Waals surface area contributed by atoms with Crippen molar-refractivity contribution in [2.24, 2.45) is 0 Å².